The highest BCUT2D eigenvalue weighted by molar-refractivity contribution is 5.86. The quantitative estimate of drug-likeness (QED) is 0.477. The van der Waals surface area contributed by atoms with Crippen molar-refractivity contribution in [2.24, 2.45) is 0 Å². The van der Waals surface area contributed by atoms with Crippen LogP contribution >= 0.6 is 0 Å². The second kappa shape index (κ2) is 10.0. The maximum atomic E-state index is 12.4. The zero-order valence-corrected chi connectivity index (χ0v) is 14.8. The molecule has 2 aromatic rings. The number of carbonyl (C=O) groups is 3. The predicted molar refractivity (Wildman–Crippen MR) is 93.4 cm³/mol. The van der Waals surface area contributed by atoms with Crippen molar-refractivity contribution in [2.75, 3.05) is 20.2 Å². The Kier molecular flexibility index (Phi) is 7.44. The van der Waals surface area contributed by atoms with Crippen LogP contribution in [0.25, 0.3) is 0 Å². The Bertz CT molecular complexity index is 750. The maximum Gasteiger partial charge on any atom is 0.328 e. The number of aromatic amines is 1. The van der Waals surface area contributed by atoms with Gasteiger partial charge >= 0.3 is 11.9 Å². The van der Waals surface area contributed by atoms with Crippen molar-refractivity contribution < 1.29 is 24.2 Å². The molecule has 0 aliphatic carbocycles. The maximum absolute atomic E-state index is 12.4. The SMILES string of the molecule is COC(=O)C(Cc1cnc[nH]1)NC(=O)CN(CC(=O)O)Cc1ccncc1. The molecule has 0 aliphatic rings. The first kappa shape index (κ1) is 20.0. The Morgan fingerprint density at radius 3 is 2.59 bits per heavy atom. The Balaban J connectivity index is 2.00. The van der Waals surface area contributed by atoms with Crippen LogP contribution in [-0.2, 0) is 32.1 Å². The number of rotatable bonds is 10. The molecule has 1 unspecified atom stereocenters. The number of pyridine rings is 1. The van der Waals surface area contributed by atoms with Gasteiger partial charge in [0.05, 0.1) is 26.5 Å². The summed E-state index contributed by atoms with van der Waals surface area (Å²) in [5, 5.41) is 11.7. The van der Waals surface area contributed by atoms with E-state index in [1.165, 1.54) is 18.3 Å². The minimum absolute atomic E-state index is 0.182. The van der Waals surface area contributed by atoms with Gasteiger partial charge in [-0.3, -0.25) is 19.5 Å². The largest absolute Gasteiger partial charge is 0.480 e. The second-order valence-electron chi connectivity index (χ2n) is 5.82. The number of carboxylic acid groups (broad SMARTS) is 1. The molecule has 0 aliphatic heterocycles. The molecule has 0 saturated heterocycles. The van der Waals surface area contributed by atoms with Crippen LogP contribution in [0.5, 0.6) is 0 Å². The van der Waals surface area contributed by atoms with Gasteiger partial charge in [0.25, 0.3) is 0 Å². The monoisotopic (exact) mass is 375 g/mol. The molecule has 1 amide bonds. The molecule has 1 atom stereocenters. The average molecular weight is 375 g/mol. The van der Waals surface area contributed by atoms with Gasteiger partial charge in [-0.15, -0.1) is 0 Å². The van der Waals surface area contributed by atoms with Gasteiger partial charge in [0, 0.05) is 37.3 Å². The molecule has 10 nitrogen and oxygen atoms in total. The normalized spacial score (nSPS) is 11.8. The summed E-state index contributed by atoms with van der Waals surface area (Å²) in [6.07, 6.45) is 6.37. The lowest BCUT2D eigenvalue weighted by atomic mass is 10.1. The summed E-state index contributed by atoms with van der Waals surface area (Å²) < 4.78 is 4.72. The number of carbonyl (C=O) groups excluding carboxylic acids is 2. The van der Waals surface area contributed by atoms with Crippen molar-refractivity contribution in [3.05, 3.63) is 48.3 Å². The summed E-state index contributed by atoms with van der Waals surface area (Å²) in [5.74, 6) is -2.14. The van der Waals surface area contributed by atoms with Crippen molar-refractivity contribution in [1.82, 2.24) is 25.2 Å². The molecule has 144 valence electrons. The first-order chi connectivity index (χ1) is 13.0. The lowest BCUT2D eigenvalue weighted by Gasteiger charge is -2.22. The highest BCUT2D eigenvalue weighted by atomic mass is 16.5. The van der Waals surface area contributed by atoms with E-state index >= 15 is 0 Å². The van der Waals surface area contributed by atoms with E-state index in [1.54, 1.807) is 30.7 Å². The fourth-order valence-corrected chi connectivity index (χ4v) is 2.50. The van der Waals surface area contributed by atoms with Crippen molar-refractivity contribution in [3.63, 3.8) is 0 Å². The third-order valence-electron chi connectivity index (χ3n) is 3.68. The number of imidazole rings is 1. The van der Waals surface area contributed by atoms with Gasteiger partial charge in [0.15, 0.2) is 0 Å². The van der Waals surface area contributed by atoms with E-state index in [2.05, 4.69) is 20.3 Å². The van der Waals surface area contributed by atoms with Gasteiger partial charge in [0.1, 0.15) is 6.04 Å². The van der Waals surface area contributed by atoms with E-state index in [0.29, 0.717) is 5.69 Å². The lowest BCUT2D eigenvalue weighted by molar-refractivity contribution is -0.145. The third-order valence-corrected chi connectivity index (χ3v) is 3.68. The number of hydrogen-bond donors (Lipinski definition) is 3. The molecule has 0 radical (unpaired) electrons. The highest BCUT2D eigenvalue weighted by Crippen LogP contribution is 2.04. The number of ether oxygens (including phenoxy) is 1. The van der Waals surface area contributed by atoms with Crippen LogP contribution in [0.15, 0.2) is 37.1 Å². The topological polar surface area (TPSA) is 138 Å². The lowest BCUT2D eigenvalue weighted by Crippen LogP contribution is -2.47. The Morgan fingerprint density at radius 2 is 2.00 bits per heavy atom. The number of hydrogen-bond acceptors (Lipinski definition) is 7. The van der Waals surface area contributed by atoms with E-state index in [9.17, 15) is 14.4 Å². The molecule has 2 heterocycles. The second-order valence-corrected chi connectivity index (χ2v) is 5.82. The first-order valence-corrected chi connectivity index (χ1v) is 8.15. The van der Waals surface area contributed by atoms with Crippen LogP contribution in [0.2, 0.25) is 0 Å². The Hall–Kier alpha value is -3.27. The van der Waals surface area contributed by atoms with Crippen molar-refractivity contribution in [1.29, 1.82) is 0 Å². The molecule has 0 bridgehead atoms. The summed E-state index contributed by atoms with van der Waals surface area (Å²) in [4.78, 5) is 47.5. The van der Waals surface area contributed by atoms with Crippen LogP contribution in [-0.4, -0.2) is 69.0 Å². The smallest absolute Gasteiger partial charge is 0.328 e. The Labute approximate surface area is 155 Å². The van der Waals surface area contributed by atoms with Crippen LogP contribution in [0.4, 0.5) is 0 Å². The zero-order valence-electron chi connectivity index (χ0n) is 14.8. The van der Waals surface area contributed by atoms with Crippen molar-refractivity contribution in [2.45, 2.75) is 19.0 Å². The average Bonchev–Trinajstić information content (AvgIpc) is 3.13. The predicted octanol–water partition coefficient (Wildman–Crippen LogP) is -0.408. The van der Waals surface area contributed by atoms with E-state index in [1.807, 2.05) is 0 Å². The van der Waals surface area contributed by atoms with Crippen LogP contribution in [0, 0.1) is 0 Å². The molecule has 10 heteroatoms. The fraction of sp³-hybridized carbons (Fsp3) is 0.353. The number of carboxylic acids is 1. The molecule has 0 aromatic carbocycles. The number of nitrogens with one attached hydrogen (secondary N) is 2. The van der Waals surface area contributed by atoms with Gasteiger partial charge < -0.3 is 20.1 Å². The van der Waals surface area contributed by atoms with Gasteiger partial charge in [-0.1, -0.05) is 0 Å². The minimum Gasteiger partial charge on any atom is -0.480 e. The van der Waals surface area contributed by atoms with Gasteiger partial charge in [-0.05, 0) is 17.7 Å². The van der Waals surface area contributed by atoms with E-state index < -0.39 is 23.9 Å². The van der Waals surface area contributed by atoms with Crippen molar-refractivity contribution in [3.8, 4) is 0 Å². The first-order valence-electron chi connectivity index (χ1n) is 8.15. The van der Waals surface area contributed by atoms with Crippen LogP contribution in [0.3, 0.4) is 0 Å². The molecular formula is C17H21N5O5. The molecule has 27 heavy (non-hydrogen) atoms. The summed E-state index contributed by atoms with van der Waals surface area (Å²) in [6, 6.07) is 2.57. The number of esters is 1. The van der Waals surface area contributed by atoms with Gasteiger partial charge in [0.2, 0.25) is 5.91 Å². The van der Waals surface area contributed by atoms with Crippen molar-refractivity contribution >= 4 is 17.8 Å². The molecule has 0 fully saturated rings. The zero-order chi connectivity index (χ0) is 19.6. The molecule has 2 aromatic heterocycles. The summed E-state index contributed by atoms with van der Waals surface area (Å²) in [6.45, 7) is -0.254. The minimum atomic E-state index is -1.06. The summed E-state index contributed by atoms with van der Waals surface area (Å²) in [7, 11) is 1.23. The molecule has 2 rings (SSSR count). The molecule has 0 saturated carbocycles. The third kappa shape index (κ3) is 6.86. The number of amides is 1. The fourth-order valence-electron chi connectivity index (χ4n) is 2.50. The van der Waals surface area contributed by atoms with Gasteiger partial charge in [-0.25, -0.2) is 9.78 Å². The standard InChI is InChI=1S/C17H21N5O5/c1-27-17(26)14(6-13-7-19-11-20-13)21-15(23)9-22(10-16(24)25)8-12-2-4-18-5-3-12/h2-5,7,11,14H,6,8-10H2,1H3,(H,19,20)(H,21,23)(H,24,25). The van der Waals surface area contributed by atoms with E-state index in [-0.39, 0.29) is 26.1 Å². The molecule has 3 N–H and O–H groups in total. The molecule has 0 spiro atoms. The van der Waals surface area contributed by atoms with Crippen LogP contribution < -0.4 is 5.32 Å². The number of methoxy groups -OCH3 is 1. The van der Waals surface area contributed by atoms with Crippen LogP contribution in [0.1, 0.15) is 11.3 Å². The molecular weight excluding hydrogens is 354 g/mol. The number of aliphatic carboxylic acids is 1. The number of nitrogens with zero attached hydrogens (tertiary/aromatic N) is 3. The highest BCUT2D eigenvalue weighted by Gasteiger charge is 2.24. The number of H-pyrrole nitrogens is 1. The van der Waals surface area contributed by atoms with Gasteiger partial charge in [-0.2, -0.15) is 0 Å². The number of aromatic nitrogens is 3. The van der Waals surface area contributed by atoms with E-state index in [0.717, 1.165) is 5.56 Å². The van der Waals surface area contributed by atoms with E-state index in [4.69, 9.17) is 9.84 Å². The summed E-state index contributed by atoms with van der Waals surface area (Å²) in [5.41, 5.74) is 1.48. The summed E-state index contributed by atoms with van der Waals surface area (Å²) >= 11 is 0. The Morgan fingerprint density at radius 1 is 1.26 bits per heavy atom.